The van der Waals surface area contributed by atoms with E-state index in [9.17, 15) is 4.79 Å². The Labute approximate surface area is 251 Å². The quantitative estimate of drug-likeness (QED) is 0.220. The Bertz CT molecular complexity index is 1790. The van der Waals surface area contributed by atoms with Gasteiger partial charge in [0.15, 0.2) is 5.71 Å². The van der Waals surface area contributed by atoms with Gasteiger partial charge < -0.3 is 4.90 Å². The summed E-state index contributed by atoms with van der Waals surface area (Å²) in [6.45, 7) is 19.6. The van der Waals surface area contributed by atoms with Crippen molar-refractivity contribution in [2.75, 3.05) is 18.0 Å². The van der Waals surface area contributed by atoms with Crippen LogP contribution in [-0.4, -0.2) is 29.2 Å². The third-order valence-corrected chi connectivity index (χ3v) is 9.72. The standard InChI is InChI=1S/C39H45N2O/c1-9-40-30-22-20-26-15-10-12-17-28(26)35(30)38(5,6)32(40)25-33-39(7,8)36-29-18-13-11-16-27(29)21-23-31(36)41(33)24-14-19-34(42)37(2,3)4/h10-13,15-18,20-23,25H,9,14,19,24H2,1-8H3/q+1. The predicted molar refractivity (Wildman–Crippen MR) is 179 cm³/mol. The number of ketones is 1. The van der Waals surface area contributed by atoms with Crippen LogP contribution in [0.25, 0.3) is 21.5 Å². The van der Waals surface area contributed by atoms with Gasteiger partial charge in [-0.2, -0.15) is 4.58 Å². The molecule has 0 aromatic heterocycles. The van der Waals surface area contributed by atoms with Crippen LogP contribution in [0.2, 0.25) is 0 Å². The summed E-state index contributed by atoms with van der Waals surface area (Å²) in [5, 5.41) is 5.22. The molecule has 216 valence electrons. The van der Waals surface area contributed by atoms with Gasteiger partial charge in [-0.05, 0) is 60.0 Å². The van der Waals surface area contributed by atoms with Crippen molar-refractivity contribution in [3.8, 4) is 0 Å². The molecule has 4 aromatic rings. The zero-order valence-electron chi connectivity index (χ0n) is 26.6. The van der Waals surface area contributed by atoms with E-state index in [1.165, 1.54) is 55.5 Å². The molecule has 2 heterocycles. The zero-order valence-corrected chi connectivity index (χ0v) is 26.6. The van der Waals surface area contributed by atoms with E-state index in [2.05, 4.69) is 123 Å². The first-order chi connectivity index (χ1) is 19.9. The summed E-state index contributed by atoms with van der Waals surface area (Å²) in [5.41, 5.74) is 7.36. The van der Waals surface area contributed by atoms with Crippen molar-refractivity contribution in [3.63, 3.8) is 0 Å². The molecule has 0 spiro atoms. The molecule has 3 nitrogen and oxygen atoms in total. The van der Waals surface area contributed by atoms with Crippen LogP contribution in [0.4, 0.5) is 11.4 Å². The first-order valence-corrected chi connectivity index (χ1v) is 15.6. The number of allylic oxidation sites excluding steroid dienone is 2. The number of carbonyl (C=O) groups excluding carboxylic acids is 1. The molecule has 0 atom stereocenters. The molecule has 0 aliphatic carbocycles. The molecule has 0 bridgehead atoms. The number of nitrogens with zero attached hydrogens (tertiary/aromatic N) is 2. The highest BCUT2D eigenvalue weighted by atomic mass is 16.1. The third-order valence-electron chi connectivity index (χ3n) is 9.72. The average Bonchev–Trinajstić information content (AvgIpc) is 3.31. The fourth-order valence-electron chi connectivity index (χ4n) is 7.47. The van der Waals surface area contributed by atoms with Crippen molar-refractivity contribution in [1.82, 2.24) is 0 Å². The molecular formula is C39H45N2O+. The maximum Gasteiger partial charge on any atom is 0.210 e. The molecular weight excluding hydrogens is 512 g/mol. The second-order valence-corrected chi connectivity index (χ2v) is 14.2. The van der Waals surface area contributed by atoms with Gasteiger partial charge in [0.05, 0.1) is 5.41 Å². The number of fused-ring (bicyclic) bond motifs is 6. The fraction of sp³-hybridized carbons (Fsp3) is 0.385. The molecule has 0 fully saturated rings. The summed E-state index contributed by atoms with van der Waals surface area (Å²) in [5.74, 6) is 0.330. The van der Waals surface area contributed by atoms with Crippen molar-refractivity contribution >= 4 is 44.4 Å². The summed E-state index contributed by atoms with van der Waals surface area (Å²) in [6.07, 6.45) is 3.92. The summed E-state index contributed by atoms with van der Waals surface area (Å²) >= 11 is 0. The Morgan fingerprint density at radius 2 is 1.40 bits per heavy atom. The van der Waals surface area contributed by atoms with Crippen LogP contribution in [0.15, 0.2) is 84.6 Å². The average molecular weight is 558 g/mol. The Morgan fingerprint density at radius 1 is 0.810 bits per heavy atom. The van der Waals surface area contributed by atoms with Crippen LogP contribution < -0.4 is 4.90 Å². The number of anilines is 1. The lowest BCUT2D eigenvalue weighted by Crippen LogP contribution is -2.33. The van der Waals surface area contributed by atoms with Gasteiger partial charge in [-0.25, -0.2) is 0 Å². The van der Waals surface area contributed by atoms with Gasteiger partial charge in [-0.15, -0.1) is 0 Å². The number of rotatable bonds is 6. The van der Waals surface area contributed by atoms with Crippen LogP contribution in [-0.2, 0) is 15.6 Å². The number of benzene rings is 4. The Hall–Kier alpha value is -3.72. The Kier molecular flexibility index (Phi) is 6.72. The molecule has 4 aromatic carbocycles. The lowest BCUT2D eigenvalue weighted by Gasteiger charge is -2.27. The molecule has 42 heavy (non-hydrogen) atoms. The van der Waals surface area contributed by atoms with Gasteiger partial charge in [0.2, 0.25) is 5.69 Å². The van der Waals surface area contributed by atoms with Crippen molar-refractivity contribution in [1.29, 1.82) is 0 Å². The van der Waals surface area contributed by atoms with E-state index in [4.69, 9.17) is 0 Å². The Morgan fingerprint density at radius 3 is 2.02 bits per heavy atom. The van der Waals surface area contributed by atoms with E-state index in [1.807, 2.05) is 20.8 Å². The van der Waals surface area contributed by atoms with Crippen molar-refractivity contribution in [2.45, 2.75) is 79.1 Å². The highest BCUT2D eigenvalue weighted by Gasteiger charge is 2.48. The minimum atomic E-state index is -0.309. The maximum absolute atomic E-state index is 12.9. The molecule has 0 radical (unpaired) electrons. The molecule has 0 N–H and O–H groups in total. The summed E-state index contributed by atoms with van der Waals surface area (Å²) in [7, 11) is 0. The molecule has 0 saturated carbocycles. The first kappa shape index (κ1) is 28.4. The molecule has 6 rings (SSSR count). The van der Waals surface area contributed by atoms with Crippen LogP contribution in [0, 0.1) is 5.41 Å². The SMILES string of the molecule is CCN1/C(=C/C2=[N+](CCCC(=O)C(C)(C)C)c3ccc4ccccc4c3C2(C)C)C(C)(C)c2c1ccc1ccccc21. The Balaban J connectivity index is 1.54. The second-order valence-electron chi connectivity index (χ2n) is 14.2. The second kappa shape index (κ2) is 9.93. The van der Waals surface area contributed by atoms with Crippen molar-refractivity contribution in [2.24, 2.45) is 5.41 Å². The number of hydrogen-bond acceptors (Lipinski definition) is 2. The fourth-order valence-corrected chi connectivity index (χ4v) is 7.47. The van der Waals surface area contributed by atoms with E-state index in [-0.39, 0.29) is 16.2 Å². The third kappa shape index (κ3) is 4.32. The molecule has 0 unspecified atom stereocenters. The van der Waals surface area contributed by atoms with Crippen LogP contribution in [0.5, 0.6) is 0 Å². The van der Waals surface area contributed by atoms with Crippen LogP contribution >= 0.6 is 0 Å². The maximum atomic E-state index is 12.9. The molecule has 0 amide bonds. The number of carbonyl (C=O) groups is 1. The summed E-state index contributed by atoms with van der Waals surface area (Å²) in [4.78, 5) is 15.4. The van der Waals surface area contributed by atoms with Crippen molar-refractivity contribution < 1.29 is 9.37 Å². The predicted octanol–water partition coefficient (Wildman–Crippen LogP) is 9.47. The summed E-state index contributed by atoms with van der Waals surface area (Å²) in [6, 6.07) is 26.7. The largest absolute Gasteiger partial charge is 0.344 e. The lowest BCUT2D eigenvalue weighted by molar-refractivity contribution is -0.438. The molecule has 2 aliphatic heterocycles. The minimum absolute atomic E-state index is 0.167. The van der Waals surface area contributed by atoms with Gasteiger partial charge in [-0.1, -0.05) is 89.2 Å². The highest BCUT2D eigenvalue weighted by molar-refractivity contribution is 6.09. The van der Waals surface area contributed by atoms with E-state index in [1.54, 1.807) is 0 Å². The van der Waals surface area contributed by atoms with E-state index < -0.39 is 0 Å². The first-order valence-electron chi connectivity index (χ1n) is 15.6. The van der Waals surface area contributed by atoms with E-state index in [0.717, 1.165) is 19.5 Å². The lowest BCUT2D eigenvalue weighted by atomic mass is 9.76. The topological polar surface area (TPSA) is 23.3 Å². The van der Waals surface area contributed by atoms with Crippen LogP contribution in [0.1, 0.15) is 79.4 Å². The number of Topliss-reactive ketones (excluding diaryl/α,β-unsaturated/α-hetero) is 1. The number of likely N-dealkylation sites (N-methyl/N-ethyl adjacent to an activating group) is 1. The summed E-state index contributed by atoms with van der Waals surface area (Å²) < 4.78 is 2.52. The zero-order chi connectivity index (χ0) is 30.0. The van der Waals surface area contributed by atoms with Gasteiger partial charge in [-0.3, -0.25) is 4.79 Å². The smallest absolute Gasteiger partial charge is 0.210 e. The van der Waals surface area contributed by atoms with E-state index in [0.29, 0.717) is 12.2 Å². The molecule has 2 aliphatic rings. The minimum Gasteiger partial charge on any atom is -0.344 e. The number of hydrogen-bond donors (Lipinski definition) is 0. The normalized spacial score (nSPS) is 18.3. The van der Waals surface area contributed by atoms with Gasteiger partial charge in [0.1, 0.15) is 12.3 Å². The van der Waals surface area contributed by atoms with Gasteiger partial charge in [0.25, 0.3) is 0 Å². The van der Waals surface area contributed by atoms with Crippen molar-refractivity contribution in [3.05, 3.63) is 95.7 Å². The van der Waals surface area contributed by atoms with E-state index >= 15 is 0 Å². The van der Waals surface area contributed by atoms with Gasteiger partial charge in [0, 0.05) is 59.3 Å². The van der Waals surface area contributed by atoms with Gasteiger partial charge >= 0.3 is 0 Å². The monoisotopic (exact) mass is 557 g/mol. The highest BCUT2D eigenvalue weighted by Crippen LogP contribution is 2.52. The molecule has 3 heteroatoms. The van der Waals surface area contributed by atoms with Crippen LogP contribution in [0.3, 0.4) is 0 Å². The molecule has 0 saturated heterocycles.